The number of carbonyl (C=O) groups is 2. The molecule has 0 radical (unpaired) electrons. The van der Waals surface area contributed by atoms with Gasteiger partial charge in [-0.2, -0.15) is 5.10 Å². The second kappa shape index (κ2) is 9.71. The topological polar surface area (TPSA) is 73.8 Å². The van der Waals surface area contributed by atoms with Crippen molar-refractivity contribution in [1.29, 1.82) is 0 Å². The Morgan fingerprint density at radius 3 is 2.10 bits per heavy atom. The van der Waals surface area contributed by atoms with Crippen molar-refractivity contribution in [3.63, 3.8) is 0 Å². The van der Waals surface area contributed by atoms with Crippen LogP contribution < -0.4 is 10.6 Å². The Bertz CT molecular complexity index is 1060. The van der Waals surface area contributed by atoms with Gasteiger partial charge >= 0.3 is 0 Å². The summed E-state index contributed by atoms with van der Waals surface area (Å²) in [6, 6.07) is 27.2. The van der Waals surface area contributed by atoms with Crippen molar-refractivity contribution in [1.82, 2.24) is 5.01 Å². The van der Waals surface area contributed by atoms with Gasteiger partial charge in [-0.15, -0.1) is 0 Å². The first-order valence-corrected chi connectivity index (χ1v) is 10.3. The quantitative estimate of drug-likeness (QED) is 0.586. The molecule has 156 valence electrons. The van der Waals surface area contributed by atoms with Gasteiger partial charge in [0.2, 0.25) is 11.8 Å². The van der Waals surface area contributed by atoms with Crippen LogP contribution in [0.1, 0.15) is 24.8 Å². The number of hydrogen-bond acceptors (Lipinski definition) is 4. The molecule has 6 nitrogen and oxygen atoms in total. The molecule has 0 aliphatic carbocycles. The van der Waals surface area contributed by atoms with Crippen LogP contribution in [-0.2, 0) is 9.59 Å². The zero-order chi connectivity index (χ0) is 21.5. The first-order valence-electron chi connectivity index (χ1n) is 10.3. The van der Waals surface area contributed by atoms with E-state index in [4.69, 9.17) is 0 Å². The Morgan fingerprint density at radius 2 is 1.39 bits per heavy atom. The summed E-state index contributed by atoms with van der Waals surface area (Å²) in [6.07, 6.45) is 0.978. The molecule has 1 aliphatic rings. The van der Waals surface area contributed by atoms with Crippen LogP contribution in [0.25, 0.3) is 0 Å². The van der Waals surface area contributed by atoms with E-state index in [1.807, 2.05) is 84.9 Å². The molecule has 0 atom stereocenters. The van der Waals surface area contributed by atoms with Crippen LogP contribution in [0.3, 0.4) is 0 Å². The first-order chi connectivity index (χ1) is 15.2. The maximum absolute atomic E-state index is 12.4. The van der Waals surface area contributed by atoms with Crippen molar-refractivity contribution in [2.45, 2.75) is 19.3 Å². The zero-order valence-electron chi connectivity index (χ0n) is 17.1. The van der Waals surface area contributed by atoms with E-state index in [0.29, 0.717) is 12.2 Å². The highest BCUT2D eigenvalue weighted by Gasteiger charge is 2.21. The van der Waals surface area contributed by atoms with Crippen molar-refractivity contribution in [2.75, 3.05) is 17.2 Å². The van der Waals surface area contributed by atoms with Crippen LogP contribution in [0.5, 0.6) is 0 Å². The summed E-state index contributed by atoms with van der Waals surface area (Å²) in [6.45, 7) is 0.556. The molecule has 0 saturated heterocycles. The van der Waals surface area contributed by atoms with E-state index < -0.39 is 0 Å². The third-order valence-electron chi connectivity index (χ3n) is 4.99. The molecule has 4 rings (SSSR count). The second-order valence-electron chi connectivity index (χ2n) is 7.30. The molecule has 3 aromatic rings. The lowest BCUT2D eigenvalue weighted by molar-refractivity contribution is -0.132. The van der Waals surface area contributed by atoms with E-state index in [2.05, 4.69) is 15.7 Å². The van der Waals surface area contributed by atoms with Crippen molar-refractivity contribution in [3.8, 4) is 0 Å². The number of anilines is 3. The van der Waals surface area contributed by atoms with E-state index in [9.17, 15) is 9.59 Å². The van der Waals surface area contributed by atoms with Crippen molar-refractivity contribution in [2.24, 2.45) is 5.10 Å². The van der Waals surface area contributed by atoms with Crippen LogP contribution in [0.15, 0.2) is 90.0 Å². The van der Waals surface area contributed by atoms with Gasteiger partial charge in [-0.1, -0.05) is 48.5 Å². The standard InChI is InChI=1S/C25H24N4O2/c30-24(27-22-13-11-21(12-14-22)26-20-9-5-2-6-10-20)15-16-25(31)29-18-17-23(28-29)19-7-3-1-4-8-19/h1-14,26H,15-18H2,(H,27,30). The van der Waals surface area contributed by atoms with Crippen LogP contribution in [0, 0.1) is 0 Å². The van der Waals surface area contributed by atoms with Gasteiger partial charge in [0, 0.05) is 36.3 Å². The maximum Gasteiger partial charge on any atom is 0.243 e. The fraction of sp³-hybridized carbons (Fsp3) is 0.160. The summed E-state index contributed by atoms with van der Waals surface area (Å²) in [5, 5.41) is 12.0. The number of nitrogens with zero attached hydrogens (tertiary/aromatic N) is 2. The first kappa shape index (κ1) is 20.3. The van der Waals surface area contributed by atoms with E-state index in [1.165, 1.54) is 5.01 Å². The number of para-hydroxylation sites is 1. The minimum absolute atomic E-state index is 0.121. The van der Waals surface area contributed by atoms with Crippen LogP contribution in [-0.4, -0.2) is 29.1 Å². The minimum Gasteiger partial charge on any atom is -0.356 e. The number of hydrogen-bond donors (Lipinski definition) is 2. The van der Waals surface area contributed by atoms with E-state index >= 15 is 0 Å². The predicted octanol–water partition coefficient (Wildman–Crippen LogP) is 4.79. The van der Waals surface area contributed by atoms with Gasteiger partial charge in [0.15, 0.2) is 0 Å². The van der Waals surface area contributed by atoms with E-state index in [-0.39, 0.29) is 24.7 Å². The molecule has 1 heterocycles. The number of nitrogens with one attached hydrogen (secondary N) is 2. The molecule has 31 heavy (non-hydrogen) atoms. The van der Waals surface area contributed by atoms with Crippen molar-refractivity contribution >= 4 is 34.6 Å². The third-order valence-corrected chi connectivity index (χ3v) is 4.99. The summed E-state index contributed by atoms with van der Waals surface area (Å²) < 4.78 is 0. The Morgan fingerprint density at radius 1 is 0.774 bits per heavy atom. The Balaban J connectivity index is 1.25. The zero-order valence-corrected chi connectivity index (χ0v) is 17.1. The lowest BCUT2D eigenvalue weighted by Gasteiger charge is -2.11. The third kappa shape index (κ3) is 5.57. The average Bonchev–Trinajstić information content (AvgIpc) is 3.31. The molecule has 2 N–H and O–H groups in total. The largest absolute Gasteiger partial charge is 0.356 e. The fourth-order valence-electron chi connectivity index (χ4n) is 3.37. The van der Waals surface area contributed by atoms with Gasteiger partial charge < -0.3 is 10.6 Å². The Hall–Kier alpha value is -3.93. The molecule has 0 unspecified atom stereocenters. The molecular formula is C25H24N4O2. The molecule has 3 aromatic carbocycles. The monoisotopic (exact) mass is 412 g/mol. The lowest BCUT2D eigenvalue weighted by atomic mass is 10.1. The minimum atomic E-state index is -0.191. The highest BCUT2D eigenvalue weighted by atomic mass is 16.2. The van der Waals surface area contributed by atoms with E-state index in [0.717, 1.165) is 29.1 Å². The molecule has 0 aromatic heterocycles. The summed E-state index contributed by atoms with van der Waals surface area (Å²) in [5.41, 5.74) is 4.56. The average molecular weight is 412 g/mol. The second-order valence-corrected chi connectivity index (χ2v) is 7.30. The maximum atomic E-state index is 12.4. The SMILES string of the molecule is O=C(CCC(=O)N1CCC(c2ccccc2)=N1)Nc1ccc(Nc2ccccc2)cc1. The van der Waals surface area contributed by atoms with Gasteiger partial charge in [0.05, 0.1) is 12.3 Å². The summed E-state index contributed by atoms with van der Waals surface area (Å²) in [4.78, 5) is 24.7. The lowest BCUT2D eigenvalue weighted by Crippen LogP contribution is -2.24. The van der Waals surface area contributed by atoms with Gasteiger partial charge in [0.1, 0.15) is 0 Å². The molecule has 0 fully saturated rings. The number of hydrazone groups is 1. The molecule has 2 amide bonds. The molecular weight excluding hydrogens is 388 g/mol. The fourth-order valence-corrected chi connectivity index (χ4v) is 3.37. The molecule has 0 saturated carbocycles. The van der Waals surface area contributed by atoms with Gasteiger partial charge in [0.25, 0.3) is 0 Å². The van der Waals surface area contributed by atoms with Crippen molar-refractivity contribution < 1.29 is 9.59 Å². The summed E-state index contributed by atoms with van der Waals surface area (Å²) in [5.74, 6) is -0.327. The van der Waals surface area contributed by atoms with E-state index in [1.54, 1.807) is 0 Å². The highest BCUT2D eigenvalue weighted by molar-refractivity contribution is 6.02. The predicted molar refractivity (Wildman–Crippen MR) is 123 cm³/mol. The summed E-state index contributed by atoms with van der Waals surface area (Å²) >= 11 is 0. The highest BCUT2D eigenvalue weighted by Crippen LogP contribution is 2.19. The molecule has 0 spiro atoms. The van der Waals surface area contributed by atoms with Crippen LogP contribution in [0.2, 0.25) is 0 Å². The molecule has 1 aliphatic heterocycles. The Labute approximate surface area is 181 Å². The molecule has 6 heteroatoms. The number of rotatable bonds is 7. The van der Waals surface area contributed by atoms with Crippen molar-refractivity contribution in [3.05, 3.63) is 90.5 Å². The summed E-state index contributed by atoms with van der Waals surface area (Å²) in [7, 11) is 0. The smallest absolute Gasteiger partial charge is 0.243 e. The Kier molecular flexibility index (Phi) is 6.38. The van der Waals surface area contributed by atoms with Crippen LogP contribution in [0.4, 0.5) is 17.1 Å². The van der Waals surface area contributed by atoms with Crippen LogP contribution >= 0.6 is 0 Å². The van der Waals surface area contributed by atoms with Gasteiger partial charge in [-0.25, -0.2) is 5.01 Å². The van der Waals surface area contributed by atoms with Gasteiger partial charge in [-0.05, 0) is 42.0 Å². The number of benzene rings is 3. The van der Waals surface area contributed by atoms with Gasteiger partial charge in [-0.3, -0.25) is 9.59 Å². The normalized spacial score (nSPS) is 12.9. The number of amides is 2. The molecule has 0 bridgehead atoms. The number of carbonyl (C=O) groups excluding carboxylic acids is 2.